The van der Waals surface area contributed by atoms with Crippen LogP contribution in [0.2, 0.25) is 0 Å². The van der Waals surface area contributed by atoms with Crippen LogP contribution in [0.5, 0.6) is 0 Å². The van der Waals surface area contributed by atoms with Gasteiger partial charge in [-0.3, -0.25) is 0 Å². The van der Waals surface area contributed by atoms with E-state index in [1.807, 2.05) is 6.92 Å². The minimum absolute atomic E-state index is 0.213. The molecule has 0 saturated heterocycles. The second-order valence-corrected chi connectivity index (χ2v) is 5.83. The maximum absolute atomic E-state index is 11.1. The van der Waals surface area contributed by atoms with E-state index in [-0.39, 0.29) is 17.6 Å². The summed E-state index contributed by atoms with van der Waals surface area (Å²) in [6.07, 6.45) is 1.02. The normalized spacial score (nSPS) is 14.2. The topological polar surface area (TPSA) is 66.4 Å². The number of rotatable bonds is 8. The first-order chi connectivity index (χ1) is 6.52. The maximum Gasteiger partial charge on any atom is 0.150 e. The molecule has 0 aromatic carbocycles. The van der Waals surface area contributed by atoms with Crippen LogP contribution in [0.15, 0.2) is 0 Å². The molecule has 4 nitrogen and oxygen atoms in total. The predicted octanol–water partition coefficient (Wildman–Crippen LogP) is 0.172. The largest absolute Gasteiger partial charge is 0.392 e. The number of aliphatic hydroxyl groups is 1. The Balaban J connectivity index is 3.39. The Hall–Kier alpha value is -0.130. The van der Waals surface area contributed by atoms with E-state index >= 15 is 0 Å². The van der Waals surface area contributed by atoms with E-state index in [2.05, 4.69) is 5.32 Å². The minimum atomic E-state index is -2.83. The van der Waals surface area contributed by atoms with Gasteiger partial charge < -0.3 is 10.4 Å². The second-order valence-electron chi connectivity index (χ2n) is 3.36. The first kappa shape index (κ1) is 13.9. The van der Waals surface area contributed by atoms with Crippen molar-refractivity contribution >= 4 is 9.84 Å². The van der Waals surface area contributed by atoms with Gasteiger partial charge in [-0.15, -0.1) is 0 Å². The number of aliphatic hydroxyl groups excluding tert-OH is 1. The van der Waals surface area contributed by atoms with Crippen LogP contribution in [0.3, 0.4) is 0 Å². The summed E-state index contributed by atoms with van der Waals surface area (Å²) in [5.74, 6) is 0.448. The Morgan fingerprint density at radius 1 is 1.36 bits per heavy atom. The molecular weight excluding hydrogens is 202 g/mol. The van der Waals surface area contributed by atoms with Crippen LogP contribution in [0.4, 0.5) is 0 Å². The lowest BCUT2D eigenvalue weighted by Crippen LogP contribution is -2.28. The van der Waals surface area contributed by atoms with E-state index in [1.54, 1.807) is 6.92 Å². The highest BCUT2D eigenvalue weighted by atomic mass is 32.2. The van der Waals surface area contributed by atoms with Crippen LogP contribution in [0, 0.1) is 0 Å². The van der Waals surface area contributed by atoms with Gasteiger partial charge in [0, 0.05) is 12.3 Å². The van der Waals surface area contributed by atoms with Crippen LogP contribution in [-0.2, 0) is 9.84 Å². The summed E-state index contributed by atoms with van der Waals surface area (Å²) in [7, 11) is -2.83. The van der Waals surface area contributed by atoms with E-state index in [0.29, 0.717) is 19.5 Å². The third kappa shape index (κ3) is 7.29. The molecule has 0 aromatic heterocycles. The Morgan fingerprint density at radius 3 is 2.50 bits per heavy atom. The highest BCUT2D eigenvalue weighted by Crippen LogP contribution is 1.92. The van der Waals surface area contributed by atoms with Crippen molar-refractivity contribution in [2.24, 2.45) is 0 Å². The SMILES string of the molecule is CCC(O)CNCCCS(=O)(=O)CC. The van der Waals surface area contributed by atoms with Gasteiger partial charge in [0.15, 0.2) is 0 Å². The number of hydrogen-bond acceptors (Lipinski definition) is 4. The van der Waals surface area contributed by atoms with Crippen molar-refractivity contribution in [1.29, 1.82) is 0 Å². The Labute approximate surface area is 86.6 Å². The summed E-state index contributed by atoms with van der Waals surface area (Å²) in [5, 5.41) is 12.2. The minimum Gasteiger partial charge on any atom is -0.392 e. The summed E-state index contributed by atoms with van der Waals surface area (Å²) in [5.41, 5.74) is 0. The van der Waals surface area contributed by atoms with Crippen molar-refractivity contribution in [2.75, 3.05) is 24.6 Å². The molecule has 0 heterocycles. The zero-order valence-electron chi connectivity index (χ0n) is 8.99. The maximum atomic E-state index is 11.1. The van der Waals surface area contributed by atoms with Gasteiger partial charge in [0.1, 0.15) is 9.84 Å². The third-order valence-corrected chi connectivity index (χ3v) is 3.89. The van der Waals surface area contributed by atoms with Crippen molar-refractivity contribution in [1.82, 2.24) is 5.32 Å². The molecule has 2 N–H and O–H groups in total. The lowest BCUT2D eigenvalue weighted by Gasteiger charge is -2.08. The molecule has 0 radical (unpaired) electrons. The molecule has 0 aliphatic carbocycles. The van der Waals surface area contributed by atoms with Gasteiger partial charge in [0.05, 0.1) is 11.9 Å². The lowest BCUT2D eigenvalue weighted by molar-refractivity contribution is 0.167. The summed E-state index contributed by atoms with van der Waals surface area (Å²) in [4.78, 5) is 0. The van der Waals surface area contributed by atoms with E-state index < -0.39 is 9.84 Å². The van der Waals surface area contributed by atoms with Crippen molar-refractivity contribution in [3.63, 3.8) is 0 Å². The summed E-state index contributed by atoms with van der Waals surface area (Å²) < 4.78 is 22.2. The van der Waals surface area contributed by atoms with Gasteiger partial charge in [-0.05, 0) is 19.4 Å². The molecule has 0 fully saturated rings. The zero-order valence-corrected chi connectivity index (χ0v) is 9.81. The molecule has 0 aliphatic heterocycles. The number of sulfone groups is 1. The van der Waals surface area contributed by atoms with Gasteiger partial charge in [0.2, 0.25) is 0 Å². The van der Waals surface area contributed by atoms with E-state index in [0.717, 1.165) is 6.42 Å². The molecule has 0 rings (SSSR count). The van der Waals surface area contributed by atoms with Crippen LogP contribution >= 0.6 is 0 Å². The highest BCUT2D eigenvalue weighted by Gasteiger charge is 2.06. The van der Waals surface area contributed by atoms with Gasteiger partial charge in [-0.2, -0.15) is 0 Å². The first-order valence-corrected chi connectivity index (χ1v) is 6.93. The second kappa shape index (κ2) is 7.20. The third-order valence-electron chi connectivity index (χ3n) is 2.10. The van der Waals surface area contributed by atoms with E-state index in [9.17, 15) is 13.5 Å². The van der Waals surface area contributed by atoms with Crippen molar-refractivity contribution in [3.8, 4) is 0 Å². The molecular formula is C9H21NO3S. The molecule has 0 amide bonds. The fraction of sp³-hybridized carbons (Fsp3) is 1.00. The van der Waals surface area contributed by atoms with Gasteiger partial charge >= 0.3 is 0 Å². The molecule has 14 heavy (non-hydrogen) atoms. The van der Waals surface area contributed by atoms with Crippen LogP contribution < -0.4 is 5.32 Å². The smallest absolute Gasteiger partial charge is 0.150 e. The quantitative estimate of drug-likeness (QED) is 0.576. The van der Waals surface area contributed by atoms with Crippen molar-refractivity contribution in [3.05, 3.63) is 0 Å². The monoisotopic (exact) mass is 223 g/mol. The molecule has 0 aliphatic rings. The fourth-order valence-electron chi connectivity index (χ4n) is 0.974. The molecule has 5 heteroatoms. The first-order valence-electron chi connectivity index (χ1n) is 5.11. The molecule has 0 spiro atoms. The molecule has 86 valence electrons. The molecule has 0 bridgehead atoms. The van der Waals surface area contributed by atoms with Gasteiger partial charge in [0.25, 0.3) is 0 Å². The zero-order chi connectivity index (χ0) is 11.0. The number of hydrogen-bond donors (Lipinski definition) is 2. The molecule has 0 saturated carbocycles. The van der Waals surface area contributed by atoms with E-state index in [4.69, 9.17) is 0 Å². The van der Waals surface area contributed by atoms with Crippen LogP contribution in [0.1, 0.15) is 26.7 Å². The summed E-state index contributed by atoms with van der Waals surface area (Å²) in [6.45, 7) is 4.76. The lowest BCUT2D eigenvalue weighted by atomic mass is 10.3. The Morgan fingerprint density at radius 2 is 2.00 bits per heavy atom. The van der Waals surface area contributed by atoms with Crippen LogP contribution in [-0.4, -0.2) is 44.2 Å². The standard InChI is InChI=1S/C9H21NO3S/c1-3-9(11)8-10-6-5-7-14(12,13)4-2/h9-11H,3-8H2,1-2H3. The highest BCUT2D eigenvalue weighted by molar-refractivity contribution is 7.91. The van der Waals surface area contributed by atoms with Gasteiger partial charge in [-0.1, -0.05) is 13.8 Å². The molecule has 1 atom stereocenters. The molecule has 0 aromatic rings. The number of nitrogens with one attached hydrogen (secondary N) is 1. The summed E-state index contributed by atoms with van der Waals surface area (Å²) in [6, 6.07) is 0. The van der Waals surface area contributed by atoms with E-state index in [1.165, 1.54) is 0 Å². The van der Waals surface area contributed by atoms with Crippen molar-refractivity contribution < 1.29 is 13.5 Å². The Kier molecular flexibility index (Phi) is 7.13. The average Bonchev–Trinajstić information content (AvgIpc) is 2.17. The van der Waals surface area contributed by atoms with Crippen LogP contribution in [0.25, 0.3) is 0 Å². The summed E-state index contributed by atoms with van der Waals surface area (Å²) >= 11 is 0. The average molecular weight is 223 g/mol. The van der Waals surface area contributed by atoms with Crippen molar-refractivity contribution in [2.45, 2.75) is 32.8 Å². The molecule has 1 unspecified atom stereocenters. The predicted molar refractivity (Wildman–Crippen MR) is 58.1 cm³/mol. The van der Waals surface area contributed by atoms with Gasteiger partial charge in [-0.25, -0.2) is 8.42 Å². The Bertz CT molecular complexity index is 226. The fourth-order valence-corrected chi connectivity index (χ4v) is 1.85.